The van der Waals surface area contributed by atoms with E-state index in [2.05, 4.69) is 36.3 Å². The summed E-state index contributed by atoms with van der Waals surface area (Å²) in [7, 11) is 3.50. The molecule has 0 rings (SSSR count). The highest BCUT2D eigenvalue weighted by molar-refractivity contribution is 5.76. The summed E-state index contributed by atoms with van der Waals surface area (Å²) in [6.07, 6.45) is 8.99. The number of rotatable bonds is 25. The number of aliphatic carboxylic acids is 2. The van der Waals surface area contributed by atoms with E-state index in [4.69, 9.17) is 0 Å². The predicted octanol–water partition coefficient (Wildman–Crippen LogP) is -1.98. The van der Waals surface area contributed by atoms with Crippen LogP contribution in [0.2, 0.25) is 0 Å². The highest BCUT2D eigenvalue weighted by Gasteiger charge is 2.10. The third kappa shape index (κ3) is 32.1. The van der Waals surface area contributed by atoms with Gasteiger partial charge in [0.2, 0.25) is 11.8 Å². The number of carboxylic acid groups (broad SMARTS) is 2. The highest BCUT2D eigenvalue weighted by Crippen LogP contribution is 2.00. The third-order valence-electron chi connectivity index (χ3n) is 6.71. The van der Waals surface area contributed by atoms with Gasteiger partial charge in [-0.2, -0.15) is 0 Å². The topological polar surface area (TPSA) is 151 Å². The standard InChI is InChI=1S/C18H37N3O3.C11H22N2O3.CH4/c1-4-6-12-21(13-7-5-2)14-8-11-19-17(22)9-15-20(3)16-10-18(23)24;1-3-4-7-13(9-6-11(15)16)8-5-10(14)12-2;/h4-16H2,1-3H3,(H,19,22)(H,23,24);3-9H2,1-2H3,(H,12,14)(H,15,16);1H4. The van der Waals surface area contributed by atoms with E-state index in [-0.39, 0.29) is 32.1 Å². The number of carboxylic acids is 2. The average molecular weight is 590 g/mol. The monoisotopic (exact) mass is 589 g/mol. The van der Waals surface area contributed by atoms with Crippen molar-refractivity contribution in [3.8, 4) is 0 Å². The molecule has 0 radical (unpaired) electrons. The second-order valence-electron chi connectivity index (χ2n) is 10.5. The zero-order valence-corrected chi connectivity index (χ0v) is 26.0. The fourth-order valence-corrected chi connectivity index (χ4v) is 3.98. The van der Waals surface area contributed by atoms with Crippen molar-refractivity contribution < 1.29 is 39.2 Å². The largest absolute Gasteiger partial charge is 0.550 e. The van der Waals surface area contributed by atoms with Gasteiger partial charge in [0, 0.05) is 38.4 Å². The lowest BCUT2D eigenvalue weighted by molar-refractivity contribution is -0.899. The molecule has 2 atom stereocenters. The lowest BCUT2D eigenvalue weighted by Crippen LogP contribution is -3.12. The minimum atomic E-state index is -1.03. The minimum Gasteiger partial charge on any atom is -0.550 e. The van der Waals surface area contributed by atoms with E-state index in [1.807, 2.05) is 7.05 Å². The van der Waals surface area contributed by atoms with E-state index in [0.29, 0.717) is 45.6 Å². The zero-order valence-electron chi connectivity index (χ0n) is 26.0. The Kier molecular flexibility index (Phi) is 32.4. The smallest absolute Gasteiger partial charge is 0.225 e. The molecule has 2 unspecified atom stereocenters. The average Bonchev–Trinajstić information content (AvgIpc) is 2.93. The molecule has 244 valence electrons. The van der Waals surface area contributed by atoms with E-state index >= 15 is 0 Å². The molecule has 2 amide bonds. The Labute approximate surface area is 250 Å². The summed E-state index contributed by atoms with van der Waals surface area (Å²) in [5, 5.41) is 26.3. The lowest BCUT2D eigenvalue weighted by Gasteiger charge is -2.22. The van der Waals surface area contributed by atoms with E-state index in [9.17, 15) is 29.4 Å². The molecule has 0 aromatic rings. The molecule has 0 aliphatic rings. The Morgan fingerprint density at radius 1 is 0.659 bits per heavy atom. The molecule has 0 aliphatic heterocycles. The van der Waals surface area contributed by atoms with E-state index in [1.54, 1.807) is 7.05 Å². The van der Waals surface area contributed by atoms with Crippen molar-refractivity contribution in [2.45, 2.75) is 98.8 Å². The lowest BCUT2D eigenvalue weighted by atomic mass is 10.2. The molecule has 4 N–H and O–H groups in total. The van der Waals surface area contributed by atoms with Crippen LogP contribution >= 0.6 is 0 Å². The van der Waals surface area contributed by atoms with Crippen molar-refractivity contribution in [1.29, 1.82) is 0 Å². The molecule has 0 aliphatic carbocycles. The number of hydrogen-bond acceptors (Lipinski definition) is 7. The van der Waals surface area contributed by atoms with E-state index in [1.165, 1.54) is 25.7 Å². The number of carbonyl (C=O) groups is 4. The molecule has 41 heavy (non-hydrogen) atoms. The van der Waals surface area contributed by atoms with Crippen LogP contribution in [0.25, 0.3) is 0 Å². The number of quaternary nitrogens is 2. The maximum Gasteiger partial charge on any atom is 0.225 e. The SMILES string of the molecule is C.CCCCN(CCCC)CCCNC(=O)CC[NH+](C)CCC(=O)[O-].CCCC[NH+](CCC(=O)[O-])CCC(=O)NC. The van der Waals surface area contributed by atoms with Crippen LogP contribution in [0, 0.1) is 0 Å². The number of carbonyl (C=O) groups excluding carboxylic acids is 4. The van der Waals surface area contributed by atoms with Gasteiger partial charge in [-0.15, -0.1) is 0 Å². The Bertz CT molecular complexity index is 657. The fourth-order valence-electron chi connectivity index (χ4n) is 3.98. The summed E-state index contributed by atoms with van der Waals surface area (Å²) in [4.78, 5) is 48.3. The van der Waals surface area contributed by atoms with Crippen molar-refractivity contribution >= 4 is 23.8 Å². The summed E-state index contributed by atoms with van der Waals surface area (Å²) >= 11 is 0. The van der Waals surface area contributed by atoms with Crippen LogP contribution in [0.3, 0.4) is 0 Å². The van der Waals surface area contributed by atoms with Crippen molar-refractivity contribution in [2.75, 3.05) is 73.0 Å². The van der Waals surface area contributed by atoms with Gasteiger partial charge in [0.25, 0.3) is 0 Å². The normalized spacial score (nSPS) is 12.0. The first-order chi connectivity index (χ1) is 19.1. The Morgan fingerprint density at radius 3 is 1.63 bits per heavy atom. The molecular weight excluding hydrogens is 526 g/mol. The quantitative estimate of drug-likeness (QED) is 0.0902. The van der Waals surface area contributed by atoms with Gasteiger partial charge in [0.05, 0.1) is 52.6 Å². The maximum atomic E-state index is 11.8. The molecule has 0 bridgehead atoms. The van der Waals surface area contributed by atoms with Crippen LogP contribution in [0.15, 0.2) is 0 Å². The van der Waals surface area contributed by atoms with Gasteiger partial charge < -0.3 is 45.1 Å². The Balaban J connectivity index is -0.000000742. The first-order valence-corrected chi connectivity index (χ1v) is 15.3. The summed E-state index contributed by atoms with van der Waals surface area (Å²) in [5.74, 6) is -2.00. The molecular formula is C30H63N5O6. The molecule has 0 saturated carbocycles. The number of nitrogens with zero attached hydrogens (tertiary/aromatic N) is 1. The molecule has 0 fully saturated rings. The predicted molar refractivity (Wildman–Crippen MR) is 160 cm³/mol. The van der Waals surface area contributed by atoms with Gasteiger partial charge in [0.1, 0.15) is 0 Å². The summed E-state index contributed by atoms with van der Waals surface area (Å²) in [5.41, 5.74) is 0. The molecule has 0 aromatic heterocycles. The van der Waals surface area contributed by atoms with Crippen molar-refractivity contribution in [3.05, 3.63) is 0 Å². The second kappa shape index (κ2) is 30.7. The molecule has 0 heterocycles. The maximum absolute atomic E-state index is 11.8. The van der Waals surface area contributed by atoms with Gasteiger partial charge >= 0.3 is 0 Å². The molecule has 11 heteroatoms. The van der Waals surface area contributed by atoms with Crippen LogP contribution < -0.4 is 30.6 Å². The van der Waals surface area contributed by atoms with Crippen molar-refractivity contribution in [2.24, 2.45) is 0 Å². The van der Waals surface area contributed by atoms with E-state index < -0.39 is 11.9 Å². The van der Waals surface area contributed by atoms with Gasteiger partial charge in [-0.05, 0) is 45.3 Å². The zero-order chi connectivity index (χ0) is 30.6. The van der Waals surface area contributed by atoms with Gasteiger partial charge in [0.15, 0.2) is 0 Å². The summed E-state index contributed by atoms with van der Waals surface area (Å²) in [6.45, 7) is 13.9. The van der Waals surface area contributed by atoms with Crippen LogP contribution in [0.1, 0.15) is 98.8 Å². The number of nitrogens with one attached hydrogen (secondary N) is 4. The van der Waals surface area contributed by atoms with Crippen molar-refractivity contribution in [3.63, 3.8) is 0 Å². The first-order valence-electron chi connectivity index (χ1n) is 15.3. The van der Waals surface area contributed by atoms with Gasteiger partial charge in [-0.1, -0.05) is 47.5 Å². The van der Waals surface area contributed by atoms with Crippen LogP contribution in [0.4, 0.5) is 0 Å². The molecule has 0 saturated heterocycles. The number of amides is 2. The highest BCUT2D eigenvalue weighted by atomic mass is 16.4. The van der Waals surface area contributed by atoms with Crippen molar-refractivity contribution in [1.82, 2.24) is 15.5 Å². The summed E-state index contributed by atoms with van der Waals surface area (Å²) in [6, 6.07) is 0. The second-order valence-corrected chi connectivity index (χ2v) is 10.5. The van der Waals surface area contributed by atoms with Crippen LogP contribution in [-0.4, -0.2) is 102 Å². The summed E-state index contributed by atoms with van der Waals surface area (Å²) < 4.78 is 0. The fraction of sp³-hybridized carbons (Fsp3) is 0.867. The minimum absolute atomic E-state index is 0. The van der Waals surface area contributed by atoms with Gasteiger partial charge in [-0.3, -0.25) is 9.59 Å². The molecule has 0 aromatic carbocycles. The number of hydrogen-bond donors (Lipinski definition) is 4. The van der Waals surface area contributed by atoms with Gasteiger partial charge in [-0.25, -0.2) is 0 Å². The Morgan fingerprint density at radius 2 is 1.12 bits per heavy atom. The molecule has 0 spiro atoms. The number of unbranched alkanes of at least 4 members (excludes halogenated alkanes) is 3. The van der Waals surface area contributed by atoms with E-state index in [0.717, 1.165) is 55.2 Å². The first kappa shape index (κ1) is 43.2. The third-order valence-corrected chi connectivity index (χ3v) is 6.71. The molecule has 11 nitrogen and oxygen atoms in total. The Hall–Kier alpha value is -2.24. The van der Waals surface area contributed by atoms with Crippen LogP contribution in [0.5, 0.6) is 0 Å². The van der Waals surface area contributed by atoms with Crippen LogP contribution in [-0.2, 0) is 19.2 Å².